The molecule has 0 N–H and O–H groups in total. The molecule has 0 heterocycles. The van der Waals surface area contributed by atoms with Crippen molar-refractivity contribution in [1.29, 1.82) is 0 Å². The Morgan fingerprint density at radius 1 is 1.14 bits per heavy atom. The van der Waals surface area contributed by atoms with Crippen molar-refractivity contribution in [2.75, 3.05) is 6.54 Å². The highest BCUT2D eigenvalue weighted by atomic mass is 16.6. The average Bonchev–Trinajstić information content (AvgIpc) is 2.34. The molecule has 1 atom stereocenters. The number of hydrogen-bond donors (Lipinski definition) is 0. The third-order valence-corrected chi connectivity index (χ3v) is 4.22. The maximum Gasteiger partial charge on any atom is 0.206 e. The molecule has 0 spiro atoms. The minimum Gasteiger partial charge on any atom is -0.298 e. The monoisotopic (exact) mass is 311 g/mol. The summed E-state index contributed by atoms with van der Waals surface area (Å²) >= 11 is 0. The molecule has 0 aromatic heterocycles. The molecule has 7 nitrogen and oxygen atoms in total. The van der Waals surface area contributed by atoms with E-state index in [0.717, 1.165) is 0 Å². The highest BCUT2D eigenvalue weighted by Gasteiger charge is 2.59. The van der Waals surface area contributed by atoms with Crippen LogP contribution in [0.15, 0.2) is 0 Å². The summed E-state index contributed by atoms with van der Waals surface area (Å²) < 4.78 is 0. The second kappa shape index (κ2) is 5.70. The van der Waals surface area contributed by atoms with Crippen molar-refractivity contribution >= 4 is 23.1 Å². The van der Waals surface area contributed by atoms with E-state index in [-0.39, 0.29) is 6.42 Å². The van der Waals surface area contributed by atoms with E-state index in [9.17, 15) is 29.3 Å². The number of hydrogen-bond acceptors (Lipinski definition) is 6. The van der Waals surface area contributed by atoms with Crippen LogP contribution in [0.2, 0.25) is 0 Å². The van der Waals surface area contributed by atoms with Gasteiger partial charge in [0.25, 0.3) is 0 Å². The first kappa shape index (κ1) is 18.1. The maximum absolute atomic E-state index is 12.4. The van der Waals surface area contributed by atoms with E-state index in [0.29, 0.717) is 0 Å². The molecule has 0 radical (unpaired) electrons. The number of nitrogens with zero attached hydrogens (tertiary/aromatic N) is 1. The molecular weight excluding hydrogens is 290 g/mol. The van der Waals surface area contributed by atoms with Gasteiger partial charge in [-0.15, -0.1) is 0 Å². The van der Waals surface area contributed by atoms with Gasteiger partial charge >= 0.3 is 0 Å². The van der Waals surface area contributed by atoms with Gasteiger partial charge < -0.3 is 0 Å². The van der Waals surface area contributed by atoms with Crippen LogP contribution in [0.3, 0.4) is 0 Å². The van der Waals surface area contributed by atoms with Gasteiger partial charge in [0, 0.05) is 17.3 Å². The lowest BCUT2D eigenvalue weighted by atomic mass is 9.57. The van der Waals surface area contributed by atoms with E-state index < -0.39 is 57.3 Å². The minimum absolute atomic E-state index is 0.233. The number of rotatable bonds is 5. The molecular formula is C15H21NO6. The third kappa shape index (κ3) is 2.98. The van der Waals surface area contributed by atoms with Crippen molar-refractivity contribution in [2.24, 2.45) is 22.7 Å². The van der Waals surface area contributed by atoms with Crippen LogP contribution in [-0.4, -0.2) is 34.6 Å². The lowest BCUT2D eigenvalue weighted by Crippen LogP contribution is -2.59. The van der Waals surface area contributed by atoms with Crippen molar-refractivity contribution in [3.63, 3.8) is 0 Å². The molecule has 1 aliphatic rings. The van der Waals surface area contributed by atoms with Gasteiger partial charge in [0.15, 0.2) is 23.1 Å². The Labute approximate surface area is 128 Å². The number of carbonyl (C=O) groups is 4. The van der Waals surface area contributed by atoms with Gasteiger partial charge in [0.1, 0.15) is 5.92 Å². The lowest BCUT2D eigenvalue weighted by molar-refractivity contribution is -0.487. The van der Waals surface area contributed by atoms with E-state index in [1.54, 1.807) is 0 Å². The molecule has 0 aromatic rings. The Morgan fingerprint density at radius 3 is 1.91 bits per heavy atom. The zero-order valence-electron chi connectivity index (χ0n) is 13.5. The average molecular weight is 311 g/mol. The largest absolute Gasteiger partial charge is 0.298 e. The summed E-state index contributed by atoms with van der Waals surface area (Å²) in [6.45, 7) is 6.74. The molecule has 7 heteroatoms. The van der Waals surface area contributed by atoms with Crippen LogP contribution in [0.4, 0.5) is 0 Å². The molecule has 1 fully saturated rings. The van der Waals surface area contributed by atoms with Crippen molar-refractivity contribution in [3.8, 4) is 0 Å². The minimum atomic E-state index is -1.50. The van der Waals surface area contributed by atoms with Gasteiger partial charge in [-0.2, -0.15) is 0 Å². The Kier molecular flexibility index (Phi) is 4.70. The highest BCUT2D eigenvalue weighted by molar-refractivity contribution is 6.35. The summed E-state index contributed by atoms with van der Waals surface area (Å²) in [4.78, 5) is 59.3. The summed E-state index contributed by atoms with van der Waals surface area (Å²) in [7, 11) is 0. The van der Waals surface area contributed by atoms with E-state index in [4.69, 9.17) is 0 Å². The van der Waals surface area contributed by atoms with Crippen molar-refractivity contribution in [3.05, 3.63) is 10.1 Å². The predicted molar refractivity (Wildman–Crippen MR) is 76.7 cm³/mol. The summed E-state index contributed by atoms with van der Waals surface area (Å²) in [5.74, 6) is -4.64. The predicted octanol–water partition coefficient (Wildman–Crippen LogP) is 1.25. The van der Waals surface area contributed by atoms with Gasteiger partial charge in [-0.05, 0) is 27.7 Å². The second-order valence-electron chi connectivity index (χ2n) is 7.03. The van der Waals surface area contributed by atoms with Crippen LogP contribution in [0.1, 0.15) is 41.0 Å². The molecule has 122 valence electrons. The van der Waals surface area contributed by atoms with Crippen molar-refractivity contribution in [2.45, 2.75) is 41.0 Å². The van der Waals surface area contributed by atoms with Crippen molar-refractivity contribution in [1.82, 2.24) is 0 Å². The fraction of sp³-hybridized carbons (Fsp3) is 0.733. The second-order valence-corrected chi connectivity index (χ2v) is 7.03. The van der Waals surface area contributed by atoms with Gasteiger partial charge in [0.2, 0.25) is 6.54 Å². The number of Topliss-reactive ketones (excluding diaryl/α,β-unsaturated/α-hetero) is 4. The van der Waals surface area contributed by atoms with Crippen LogP contribution >= 0.6 is 0 Å². The molecule has 0 bridgehead atoms. The molecule has 0 amide bonds. The third-order valence-electron chi connectivity index (χ3n) is 4.22. The highest BCUT2D eigenvalue weighted by Crippen LogP contribution is 2.41. The topological polar surface area (TPSA) is 111 Å². The number of carbonyl (C=O) groups excluding carboxylic acids is 4. The Morgan fingerprint density at radius 2 is 1.55 bits per heavy atom. The number of nitro groups is 1. The zero-order valence-corrected chi connectivity index (χ0v) is 13.5. The van der Waals surface area contributed by atoms with Crippen LogP contribution in [0.25, 0.3) is 0 Å². The molecule has 22 heavy (non-hydrogen) atoms. The molecule has 1 unspecified atom stereocenters. The molecule has 0 aromatic carbocycles. The van der Waals surface area contributed by atoms with Gasteiger partial charge in [-0.25, -0.2) is 0 Å². The normalized spacial score (nSPS) is 22.5. The summed E-state index contributed by atoms with van der Waals surface area (Å²) in [6, 6.07) is 0. The van der Waals surface area contributed by atoms with E-state index >= 15 is 0 Å². The van der Waals surface area contributed by atoms with E-state index in [1.165, 1.54) is 34.6 Å². The molecule has 0 aliphatic heterocycles. The quantitative estimate of drug-likeness (QED) is 0.429. The first-order valence-corrected chi connectivity index (χ1v) is 7.11. The molecule has 1 aliphatic carbocycles. The smallest absolute Gasteiger partial charge is 0.206 e. The summed E-state index contributed by atoms with van der Waals surface area (Å²) in [5.41, 5.74) is -2.83. The Hall–Kier alpha value is -1.92. The number of ketones is 4. The first-order chi connectivity index (χ1) is 9.83. The van der Waals surface area contributed by atoms with Crippen LogP contribution in [0.5, 0.6) is 0 Å². The zero-order chi connectivity index (χ0) is 17.5. The van der Waals surface area contributed by atoms with Gasteiger partial charge in [-0.3, -0.25) is 29.3 Å². The molecule has 1 rings (SSSR count). The maximum atomic E-state index is 12.4. The Balaban J connectivity index is 3.09. The van der Waals surface area contributed by atoms with Gasteiger partial charge in [0.05, 0.1) is 10.8 Å². The summed E-state index contributed by atoms with van der Waals surface area (Å²) in [6.07, 6.45) is -0.233. The van der Waals surface area contributed by atoms with E-state index in [1.807, 2.05) is 0 Å². The van der Waals surface area contributed by atoms with Crippen LogP contribution in [-0.2, 0) is 19.2 Å². The van der Waals surface area contributed by atoms with Crippen molar-refractivity contribution < 1.29 is 24.1 Å². The molecule has 0 saturated heterocycles. The first-order valence-electron chi connectivity index (χ1n) is 7.11. The SMILES string of the molecule is CC(CC(=O)C1C(=O)C(C)(C)C(=O)C(C)(C)C1=O)C[N+](=O)[O-]. The fourth-order valence-electron chi connectivity index (χ4n) is 2.92. The fourth-order valence-corrected chi connectivity index (χ4v) is 2.92. The molecule has 1 saturated carbocycles. The van der Waals surface area contributed by atoms with Crippen LogP contribution in [0, 0.1) is 32.8 Å². The van der Waals surface area contributed by atoms with E-state index in [2.05, 4.69) is 0 Å². The Bertz CT molecular complexity index is 530. The summed E-state index contributed by atoms with van der Waals surface area (Å²) in [5, 5.41) is 10.5. The van der Waals surface area contributed by atoms with Crippen LogP contribution < -0.4 is 0 Å². The standard InChI is InChI=1S/C15H21NO6/c1-8(7-16(21)22)6-9(17)10-11(18)14(2,3)13(20)15(4,5)12(10)19/h8,10H,6-7H2,1-5H3. The van der Waals surface area contributed by atoms with Gasteiger partial charge in [-0.1, -0.05) is 6.92 Å². The lowest BCUT2D eigenvalue weighted by Gasteiger charge is -2.40.